The Hall–Kier alpha value is -0.530. The van der Waals surface area contributed by atoms with Crippen molar-refractivity contribution in [3.8, 4) is 0 Å². The minimum absolute atomic E-state index is 0.159. The minimum atomic E-state index is 0.159. The Morgan fingerprint density at radius 1 is 1.15 bits per heavy atom. The molecule has 0 aliphatic heterocycles. The monoisotopic (exact) mass is 185 g/mol. The summed E-state index contributed by atoms with van der Waals surface area (Å²) in [5.74, 6) is 2.02. The first kappa shape index (κ1) is 12.5. The van der Waals surface area contributed by atoms with Gasteiger partial charge in [0.1, 0.15) is 0 Å². The Balaban J connectivity index is 3.90. The molecular formula is C11H23NO. The second-order valence-electron chi connectivity index (χ2n) is 4.31. The maximum absolute atomic E-state index is 11.1. The lowest BCUT2D eigenvalue weighted by atomic mass is 9.85. The van der Waals surface area contributed by atoms with Crippen molar-refractivity contribution in [2.45, 2.75) is 41.0 Å². The van der Waals surface area contributed by atoms with Crippen molar-refractivity contribution in [2.75, 3.05) is 6.54 Å². The van der Waals surface area contributed by atoms with Crippen molar-refractivity contribution in [1.29, 1.82) is 0 Å². The highest BCUT2D eigenvalue weighted by molar-refractivity contribution is 5.75. The Labute approximate surface area is 82.1 Å². The van der Waals surface area contributed by atoms with Crippen molar-refractivity contribution >= 4 is 5.91 Å². The quantitative estimate of drug-likeness (QED) is 0.700. The van der Waals surface area contributed by atoms with Crippen molar-refractivity contribution in [3.63, 3.8) is 0 Å². The van der Waals surface area contributed by atoms with Gasteiger partial charge in [-0.2, -0.15) is 0 Å². The number of rotatable bonds is 5. The van der Waals surface area contributed by atoms with Crippen LogP contribution in [-0.2, 0) is 4.79 Å². The summed E-state index contributed by atoms with van der Waals surface area (Å²) in [5.41, 5.74) is 0. The lowest BCUT2D eigenvalue weighted by Gasteiger charge is -2.24. The van der Waals surface area contributed by atoms with Crippen molar-refractivity contribution in [2.24, 2.45) is 17.8 Å². The van der Waals surface area contributed by atoms with Gasteiger partial charge in [-0.25, -0.2) is 0 Å². The highest BCUT2D eigenvalue weighted by Crippen LogP contribution is 2.19. The van der Waals surface area contributed by atoms with Gasteiger partial charge in [-0.15, -0.1) is 0 Å². The largest absolute Gasteiger partial charge is 0.356 e. The third-order valence-corrected chi connectivity index (χ3v) is 2.57. The molecule has 2 nitrogen and oxygen atoms in total. The summed E-state index contributed by atoms with van der Waals surface area (Å²) in [7, 11) is 0. The van der Waals surface area contributed by atoms with Crippen LogP contribution in [0.25, 0.3) is 0 Å². The van der Waals surface area contributed by atoms with Crippen LogP contribution in [0.1, 0.15) is 41.0 Å². The molecule has 1 N–H and O–H groups in total. The molecule has 0 rings (SSSR count). The van der Waals surface area contributed by atoms with Crippen LogP contribution in [0.15, 0.2) is 0 Å². The first-order valence-electron chi connectivity index (χ1n) is 5.25. The summed E-state index contributed by atoms with van der Waals surface area (Å²) in [5, 5.41) is 2.96. The average molecular weight is 185 g/mol. The number of carbonyl (C=O) groups is 1. The van der Waals surface area contributed by atoms with Gasteiger partial charge in [0.15, 0.2) is 0 Å². The zero-order valence-electron chi connectivity index (χ0n) is 9.55. The van der Waals surface area contributed by atoms with E-state index in [0.29, 0.717) is 24.2 Å². The topological polar surface area (TPSA) is 29.1 Å². The first-order valence-corrected chi connectivity index (χ1v) is 5.25. The molecule has 0 fully saturated rings. The van der Waals surface area contributed by atoms with E-state index in [0.717, 1.165) is 6.54 Å². The average Bonchev–Trinajstić information content (AvgIpc) is 2.03. The second kappa shape index (κ2) is 6.01. The van der Waals surface area contributed by atoms with Gasteiger partial charge in [-0.3, -0.25) is 4.79 Å². The van der Waals surface area contributed by atoms with E-state index in [1.54, 1.807) is 0 Å². The fraction of sp³-hybridized carbons (Fsp3) is 0.909. The predicted molar refractivity (Wildman–Crippen MR) is 56.5 cm³/mol. The van der Waals surface area contributed by atoms with Crippen LogP contribution in [0.4, 0.5) is 0 Å². The molecule has 0 unspecified atom stereocenters. The molecule has 0 saturated heterocycles. The Morgan fingerprint density at radius 2 is 1.62 bits per heavy atom. The van der Waals surface area contributed by atoms with E-state index >= 15 is 0 Å². The molecule has 0 heterocycles. The van der Waals surface area contributed by atoms with Crippen molar-refractivity contribution in [3.05, 3.63) is 0 Å². The van der Waals surface area contributed by atoms with Crippen LogP contribution in [0.5, 0.6) is 0 Å². The molecule has 0 aliphatic rings. The summed E-state index contributed by atoms with van der Waals surface area (Å²) in [6, 6.07) is 0. The standard InChI is InChI=1S/C11H23NO/c1-6-11(13)12-7-10(8(2)3)9(4)5/h8-10H,6-7H2,1-5H3,(H,12,13). The van der Waals surface area contributed by atoms with E-state index in [9.17, 15) is 4.79 Å². The lowest BCUT2D eigenvalue weighted by molar-refractivity contribution is -0.121. The maximum atomic E-state index is 11.1. The zero-order chi connectivity index (χ0) is 10.4. The molecule has 0 bridgehead atoms. The molecule has 0 aromatic carbocycles. The van der Waals surface area contributed by atoms with Gasteiger partial charge in [0.25, 0.3) is 0 Å². The highest BCUT2D eigenvalue weighted by atomic mass is 16.1. The Kier molecular flexibility index (Phi) is 5.76. The van der Waals surface area contributed by atoms with E-state index in [-0.39, 0.29) is 5.91 Å². The van der Waals surface area contributed by atoms with E-state index in [2.05, 4.69) is 33.0 Å². The van der Waals surface area contributed by atoms with Crippen LogP contribution in [0.2, 0.25) is 0 Å². The lowest BCUT2D eigenvalue weighted by Crippen LogP contribution is -2.33. The van der Waals surface area contributed by atoms with E-state index in [1.807, 2.05) is 6.92 Å². The van der Waals surface area contributed by atoms with E-state index in [4.69, 9.17) is 0 Å². The molecule has 0 aliphatic carbocycles. The summed E-state index contributed by atoms with van der Waals surface area (Å²) < 4.78 is 0. The number of amides is 1. The zero-order valence-corrected chi connectivity index (χ0v) is 9.55. The van der Waals surface area contributed by atoms with Gasteiger partial charge in [0, 0.05) is 13.0 Å². The van der Waals surface area contributed by atoms with Crippen LogP contribution in [0, 0.1) is 17.8 Å². The molecule has 13 heavy (non-hydrogen) atoms. The summed E-state index contributed by atoms with van der Waals surface area (Å²) in [4.78, 5) is 11.1. The molecule has 78 valence electrons. The third kappa shape index (κ3) is 4.91. The molecule has 2 heteroatoms. The molecule has 0 aromatic heterocycles. The van der Waals surface area contributed by atoms with Crippen LogP contribution < -0.4 is 5.32 Å². The second-order valence-corrected chi connectivity index (χ2v) is 4.31. The molecule has 0 aromatic rings. The van der Waals surface area contributed by atoms with Crippen LogP contribution in [0.3, 0.4) is 0 Å². The smallest absolute Gasteiger partial charge is 0.219 e. The van der Waals surface area contributed by atoms with Crippen LogP contribution in [-0.4, -0.2) is 12.5 Å². The Morgan fingerprint density at radius 3 is 1.92 bits per heavy atom. The normalized spacial score (nSPS) is 11.4. The van der Waals surface area contributed by atoms with E-state index < -0.39 is 0 Å². The number of hydrogen-bond acceptors (Lipinski definition) is 1. The Bertz CT molecular complexity index is 144. The molecule has 0 saturated carbocycles. The number of nitrogens with one attached hydrogen (secondary N) is 1. The summed E-state index contributed by atoms with van der Waals surface area (Å²) >= 11 is 0. The SMILES string of the molecule is CCC(=O)NCC(C(C)C)C(C)C. The van der Waals surface area contributed by atoms with Gasteiger partial charge < -0.3 is 5.32 Å². The molecular weight excluding hydrogens is 162 g/mol. The fourth-order valence-electron chi connectivity index (χ4n) is 1.60. The highest BCUT2D eigenvalue weighted by Gasteiger charge is 2.17. The minimum Gasteiger partial charge on any atom is -0.356 e. The molecule has 0 atom stereocenters. The molecule has 0 radical (unpaired) electrons. The first-order chi connectivity index (χ1) is 5.99. The summed E-state index contributed by atoms with van der Waals surface area (Å²) in [6.45, 7) is 11.5. The molecule has 1 amide bonds. The summed E-state index contributed by atoms with van der Waals surface area (Å²) in [6.07, 6.45) is 0.586. The van der Waals surface area contributed by atoms with Gasteiger partial charge >= 0.3 is 0 Å². The van der Waals surface area contributed by atoms with Gasteiger partial charge in [-0.1, -0.05) is 34.6 Å². The number of hydrogen-bond donors (Lipinski definition) is 1. The molecule has 0 spiro atoms. The van der Waals surface area contributed by atoms with Crippen LogP contribution >= 0.6 is 0 Å². The van der Waals surface area contributed by atoms with Gasteiger partial charge in [-0.05, 0) is 17.8 Å². The van der Waals surface area contributed by atoms with Crippen molar-refractivity contribution < 1.29 is 4.79 Å². The number of carbonyl (C=O) groups excluding carboxylic acids is 1. The van der Waals surface area contributed by atoms with Gasteiger partial charge in [0.05, 0.1) is 0 Å². The van der Waals surface area contributed by atoms with Gasteiger partial charge in [0.2, 0.25) is 5.91 Å². The predicted octanol–water partition coefficient (Wildman–Crippen LogP) is 2.44. The third-order valence-electron chi connectivity index (χ3n) is 2.57. The fourth-order valence-corrected chi connectivity index (χ4v) is 1.60. The van der Waals surface area contributed by atoms with Crippen molar-refractivity contribution in [1.82, 2.24) is 5.32 Å². The maximum Gasteiger partial charge on any atom is 0.219 e. The van der Waals surface area contributed by atoms with E-state index in [1.165, 1.54) is 0 Å².